The summed E-state index contributed by atoms with van der Waals surface area (Å²) in [5.41, 5.74) is 0.352. The lowest BCUT2D eigenvalue weighted by atomic mass is 10.4. The minimum absolute atomic E-state index is 0.192. The Morgan fingerprint density at radius 2 is 1.84 bits per heavy atom. The maximum atomic E-state index is 12.1. The molecule has 0 bridgehead atoms. The molecule has 0 spiro atoms. The van der Waals surface area contributed by atoms with E-state index in [1.807, 2.05) is 0 Å². The first-order valence-corrected chi connectivity index (χ1v) is 7.59. The van der Waals surface area contributed by atoms with Crippen molar-refractivity contribution in [3.63, 3.8) is 0 Å². The maximum Gasteiger partial charge on any atom is 0.261 e. The largest absolute Gasteiger partial charge is 0.481 e. The highest BCUT2D eigenvalue weighted by atomic mass is 79.9. The summed E-state index contributed by atoms with van der Waals surface area (Å²) < 4.78 is 32.0. The Morgan fingerprint density at radius 3 is 2.42 bits per heavy atom. The monoisotopic (exact) mass is 342 g/mol. The summed E-state index contributed by atoms with van der Waals surface area (Å²) in [5, 5.41) is 0. The van der Waals surface area contributed by atoms with E-state index < -0.39 is 10.0 Å². The predicted molar refractivity (Wildman–Crippen MR) is 75.7 cm³/mol. The van der Waals surface area contributed by atoms with Crippen LogP contribution in [0, 0.1) is 0 Å². The van der Waals surface area contributed by atoms with Gasteiger partial charge in [0.05, 0.1) is 17.7 Å². The number of pyridine rings is 1. The van der Waals surface area contributed by atoms with Crippen LogP contribution in [-0.2, 0) is 10.0 Å². The average Bonchev–Trinajstić information content (AvgIpc) is 2.42. The van der Waals surface area contributed by atoms with Crippen molar-refractivity contribution in [3.05, 3.63) is 47.1 Å². The number of benzene rings is 1. The van der Waals surface area contributed by atoms with Gasteiger partial charge in [-0.05, 0) is 34.1 Å². The molecule has 0 saturated carbocycles. The first-order chi connectivity index (χ1) is 9.03. The normalized spacial score (nSPS) is 11.1. The fraction of sp³-hybridized carbons (Fsp3) is 0.0833. The first-order valence-electron chi connectivity index (χ1n) is 5.31. The maximum absolute atomic E-state index is 12.1. The fourth-order valence-corrected chi connectivity index (χ4v) is 3.04. The van der Waals surface area contributed by atoms with Crippen molar-refractivity contribution in [1.82, 2.24) is 4.98 Å². The third kappa shape index (κ3) is 3.24. The van der Waals surface area contributed by atoms with Gasteiger partial charge in [-0.2, -0.15) is 0 Å². The number of ether oxygens (including phenoxy) is 1. The van der Waals surface area contributed by atoms with Crippen molar-refractivity contribution in [2.24, 2.45) is 0 Å². The Morgan fingerprint density at radius 1 is 1.16 bits per heavy atom. The number of sulfonamides is 1. The lowest BCUT2D eigenvalue weighted by Crippen LogP contribution is -2.13. The van der Waals surface area contributed by atoms with Crippen LogP contribution in [0.3, 0.4) is 0 Å². The molecule has 19 heavy (non-hydrogen) atoms. The van der Waals surface area contributed by atoms with E-state index in [9.17, 15) is 8.42 Å². The molecule has 0 fully saturated rings. The topological polar surface area (TPSA) is 68.3 Å². The summed E-state index contributed by atoms with van der Waals surface area (Å²) in [5.74, 6) is 0.398. The van der Waals surface area contributed by atoms with Crippen LogP contribution < -0.4 is 9.46 Å². The molecule has 1 aromatic carbocycles. The van der Waals surface area contributed by atoms with Gasteiger partial charge in [0.25, 0.3) is 10.0 Å². The Labute approximate surface area is 119 Å². The summed E-state index contributed by atoms with van der Waals surface area (Å²) >= 11 is 3.20. The van der Waals surface area contributed by atoms with Gasteiger partial charge in [0.2, 0.25) is 5.88 Å². The molecule has 1 heterocycles. The second kappa shape index (κ2) is 5.58. The number of hydrogen-bond acceptors (Lipinski definition) is 4. The number of aromatic nitrogens is 1. The van der Waals surface area contributed by atoms with Gasteiger partial charge in [0.15, 0.2) is 0 Å². The summed E-state index contributed by atoms with van der Waals surface area (Å²) in [6, 6.07) is 11.3. The quantitative estimate of drug-likeness (QED) is 0.867. The molecule has 0 aliphatic carbocycles. The molecule has 0 amide bonds. The molecule has 1 N–H and O–H groups in total. The Kier molecular flexibility index (Phi) is 4.06. The van der Waals surface area contributed by atoms with Gasteiger partial charge in [0, 0.05) is 6.07 Å². The van der Waals surface area contributed by atoms with Crippen LogP contribution >= 0.6 is 15.9 Å². The smallest absolute Gasteiger partial charge is 0.261 e. The molecule has 100 valence electrons. The van der Waals surface area contributed by atoms with Crippen LogP contribution in [0.25, 0.3) is 0 Å². The van der Waals surface area contributed by atoms with Gasteiger partial charge in [-0.15, -0.1) is 0 Å². The van der Waals surface area contributed by atoms with E-state index in [2.05, 4.69) is 25.6 Å². The van der Waals surface area contributed by atoms with Crippen LogP contribution in [0.15, 0.2) is 52.0 Å². The van der Waals surface area contributed by atoms with Gasteiger partial charge in [-0.25, -0.2) is 13.4 Å². The van der Waals surface area contributed by atoms with Crippen molar-refractivity contribution in [2.45, 2.75) is 4.90 Å². The molecular weight excluding hydrogens is 332 g/mol. The molecule has 0 aliphatic heterocycles. The average molecular weight is 343 g/mol. The lowest BCUT2D eigenvalue weighted by molar-refractivity contribution is 0.397. The summed E-state index contributed by atoms with van der Waals surface area (Å²) in [6.45, 7) is 0. The molecule has 2 aromatic rings. The van der Waals surface area contributed by atoms with Gasteiger partial charge in [0.1, 0.15) is 4.60 Å². The van der Waals surface area contributed by atoms with Gasteiger partial charge < -0.3 is 4.74 Å². The number of hydrogen-bond donors (Lipinski definition) is 1. The summed E-state index contributed by atoms with van der Waals surface area (Å²) in [4.78, 5) is 4.23. The molecule has 7 heteroatoms. The molecule has 2 rings (SSSR count). The van der Waals surface area contributed by atoms with Gasteiger partial charge >= 0.3 is 0 Å². The standard InChI is InChI=1S/C12H11BrN2O3S/c1-18-11-8-7-10(12(13)14-11)15-19(16,17)9-5-3-2-4-6-9/h2-8,15H,1H3. The highest BCUT2D eigenvalue weighted by molar-refractivity contribution is 9.10. The summed E-state index contributed by atoms with van der Waals surface area (Å²) in [7, 11) is -2.13. The predicted octanol–water partition coefficient (Wildman–Crippen LogP) is 2.65. The SMILES string of the molecule is COc1ccc(NS(=O)(=O)c2ccccc2)c(Br)n1. The molecule has 0 aliphatic rings. The molecule has 0 radical (unpaired) electrons. The van der Waals surface area contributed by atoms with Gasteiger partial charge in [-0.3, -0.25) is 4.72 Å². The molecule has 0 unspecified atom stereocenters. The Bertz CT molecular complexity index is 675. The zero-order chi connectivity index (χ0) is 13.9. The van der Waals surface area contributed by atoms with Gasteiger partial charge in [-0.1, -0.05) is 18.2 Å². The van der Waals surface area contributed by atoms with E-state index in [1.54, 1.807) is 30.3 Å². The molecule has 0 atom stereocenters. The van der Waals surface area contributed by atoms with Crippen molar-refractivity contribution in [2.75, 3.05) is 11.8 Å². The Balaban J connectivity index is 2.31. The second-order valence-electron chi connectivity index (χ2n) is 3.61. The zero-order valence-electron chi connectivity index (χ0n) is 10.00. The van der Waals surface area contributed by atoms with E-state index >= 15 is 0 Å². The number of anilines is 1. The van der Waals surface area contributed by atoms with E-state index in [-0.39, 0.29) is 4.90 Å². The Hall–Kier alpha value is -1.60. The number of nitrogens with zero attached hydrogens (tertiary/aromatic N) is 1. The molecule has 0 saturated heterocycles. The van der Waals surface area contributed by atoms with Crippen LogP contribution in [0.4, 0.5) is 5.69 Å². The van der Waals surface area contributed by atoms with E-state index in [1.165, 1.54) is 19.2 Å². The highest BCUT2D eigenvalue weighted by Crippen LogP contribution is 2.25. The fourth-order valence-electron chi connectivity index (χ4n) is 1.41. The number of methoxy groups -OCH3 is 1. The van der Waals surface area contributed by atoms with E-state index in [4.69, 9.17) is 4.74 Å². The van der Waals surface area contributed by atoms with Crippen molar-refractivity contribution in [1.29, 1.82) is 0 Å². The lowest BCUT2D eigenvalue weighted by Gasteiger charge is -2.09. The molecule has 1 aromatic heterocycles. The number of nitrogens with one attached hydrogen (secondary N) is 1. The zero-order valence-corrected chi connectivity index (χ0v) is 12.4. The summed E-state index contributed by atoms with van der Waals surface area (Å²) in [6.07, 6.45) is 0. The third-order valence-electron chi connectivity index (χ3n) is 2.33. The van der Waals surface area contributed by atoms with Crippen molar-refractivity contribution in [3.8, 4) is 5.88 Å². The van der Waals surface area contributed by atoms with Crippen molar-refractivity contribution < 1.29 is 13.2 Å². The van der Waals surface area contributed by atoms with Crippen LogP contribution in [0.5, 0.6) is 5.88 Å². The number of rotatable bonds is 4. The minimum Gasteiger partial charge on any atom is -0.481 e. The molecule has 5 nitrogen and oxygen atoms in total. The van der Waals surface area contributed by atoms with Crippen LogP contribution in [-0.4, -0.2) is 20.5 Å². The van der Waals surface area contributed by atoms with Crippen LogP contribution in [0.1, 0.15) is 0 Å². The van der Waals surface area contributed by atoms with Crippen molar-refractivity contribution >= 4 is 31.6 Å². The highest BCUT2D eigenvalue weighted by Gasteiger charge is 2.15. The van der Waals surface area contributed by atoms with Crippen LogP contribution in [0.2, 0.25) is 0 Å². The minimum atomic E-state index is -3.62. The van der Waals surface area contributed by atoms with E-state index in [0.717, 1.165) is 0 Å². The van der Waals surface area contributed by atoms with E-state index in [0.29, 0.717) is 16.2 Å². The molecular formula is C12H11BrN2O3S. The number of halogens is 1. The first kappa shape index (κ1) is 13.8. The second-order valence-corrected chi connectivity index (χ2v) is 6.04. The third-order valence-corrected chi connectivity index (χ3v) is 4.32.